The normalized spacial score (nSPS) is 28.6. The van der Waals surface area contributed by atoms with Crippen molar-refractivity contribution in [3.63, 3.8) is 0 Å². The lowest BCUT2D eigenvalue weighted by atomic mass is 9.85. The number of morpholine rings is 1. The Morgan fingerprint density at radius 1 is 0.875 bits per heavy atom. The molecule has 1 aromatic heterocycles. The monoisotopic (exact) mass is 438 g/mol. The Kier molecular flexibility index (Phi) is 6.84. The van der Waals surface area contributed by atoms with Crippen molar-refractivity contribution in [3.05, 3.63) is 36.0 Å². The van der Waals surface area contributed by atoms with Crippen molar-refractivity contribution in [1.29, 1.82) is 0 Å². The molecule has 5 heteroatoms. The number of nitrogens with zero attached hydrogens (tertiary/aromatic N) is 2. The molecule has 174 valence electrons. The van der Waals surface area contributed by atoms with Crippen LogP contribution in [0.4, 0.5) is 0 Å². The number of aromatic nitrogens is 1. The Morgan fingerprint density at radius 2 is 1.50 bits per heavy atom. The zero-order chi connectivity index (χ0) is 21.9. The van der Waals surface area contributed by atoms with Crippen molar-refractivity contribution in [2.75, 3.05) is 13.2 Å². The van der Waals surface area contributed by atoms with Crippen LogP contribution in [-0.2, 0) is 16.0 Å². The molecule has 2 aromatic rings. The second-order valence-corrected chi connectivity index (χ2v) is 10.3. The summed E-state index contributed by atoms with van der Waals surface area (Å²) in [5.74, 6) is -0.760. The maximum atomic E-state index is 11.4. The number of carbonyl (C=O) groups is 1. The van der Waals surface area contributed by atoms with Crippen LogP contribution in [0, 0.1) is 0 Å². The van der Waals surface area contributed by atoms with Gasteiger partial charge in [-0.3, -0.25) is 9.69 Å². The van der Waals surface area contributed by atoms with E-state index >= 15 is 0 Å². The summed E-state index contributed by atoms with van der Waals surface area (Å²) in [4.78, 5) is 14.3. The highest BCUT2D eigenvalue weighted by atomic mass is 16.5. The van der Waals surface area contributed by atoms with Crippen LogP contribution in [0.15, 0.2) is 30.5 Å². The molecule has 5 rings (SSSR count). The summed E-state index contributed by atoms with van der Waals surface area (Å²) in [6.45, 7) is 1.68. The van der Waals surface area contributed by atoms with Gasteiger partial charge in [-0.15, -0.1) is 0 Å². The van der Waals surface area contributed by atoms with Crippen molar-refractivity contribution in [1.82, 2.24) is 9.47 Å². The first-order valence-electron chi connectivity index (χ1n) is 12.9. The van der Waals surface area contributed by atoms with Crippen LogP contribution in [0.1, 0.15) is 82.2 Å². The number of hydrogen-bond acceptors (Lipinski definition) is 3. The van der Waals surface area contributed by atoms with E-state index in [1.165, 1.54) is 63.3 Å². The van der Waals surface area contributed by atoms with E-state index < -0.39 is 5.97 Å². The van der Waals surface area contributed by atoms with Gasteiger partial charge in [0.25, 0.3) is 0 Å². The first-order chi connectivity index (χ1) is 15.7. The number of fused-ring (bicyclic) bond motifs is 3. The molecule has 1 aliphatic carbocycles. The molecule has 2 bridgehead atoms. The average molecular weight is 439 g/mol. The summed E-state index contributed by atoms with van der Waals surface area (Å²) in [5, 5.41) is 10.5. The lowest BCUT2D eigenvalue weighted by Crippen LogP contribution is -2.60. The number of carboxylic acids is 1. The summed E-state index contributed by atoms with van der Waals surface area (Å²) in [7, 11) is 0. The highest BCUT2D eigenvalue weighted by Gasteiger charge is 2.42. The largest absolute Gasteiger partial charge is 0.481 e. The molecular weight excluding hydrogens is 400 g/mol. The maximum absolute atomic E-state index is 11.4. The van der Waals surface area contributed by atoms with Crippen LogP contribution in [0.3, 0.4) is 0 Å². The van der Waals surface area contributed by atoms with Crippen molar-refractivity contribution < 1.29 is 14.6 Å². The van der Waals surface area contributed by atoms with Gasteiger partial charge >= 0.3 is 5.97 Å². The number of para-hydroxylation sites is 1. The summed E-state index contributed by atoms with van der Waals surface area (Å²) >= 11 is 0. The summed E-state index contributed by atoms with van der Waals surface area (Å²) in [5.41, 5.74) is 2.11. The lowest BCUT2D eigenvalue weighted by molar-refractivity contribution is -0.136. The molecule has 3 aliphatic rings. The number of hydrogen-bond donors (Lipinski definition) is 1. The third-order valence-electron chi connectivity index (χ3n) is 8.11. The van der Waals surface area contributed by atoms with E-state index in [-0.39, 0.29) is 6.42 Å². The van der Waals surface area contributed by atoms with Crippen molar-refractivity contribution in [2.45, 2.75) is 101 Å². The predicted molar refractivity (Wildman–Crippen MR) is 127 cm³/mol. The van der Waals surface area contributed by atoms with Crippen LogP contribution in [0.5, 0.6) is 0 Å². The molecule has 1 saturated carbocycles. The summed E-state index contributed by atoms with van der Waals surface area (Å²) < 4.78 is 8.45. The van der Waals surface area contributed by atoms with Gasteiger partial charge in [0.1, 0.15) is 0 Å². The molecule has 3 atom stereocenters. The highest BCUT2D eigenvalue weighted by Crippen LogP contribution is 2.40. The van der Waals surface area contributed by atoms with E-state index in [0.717, 1.165) is 37.0 Å². The molecule has 0 amide bonds. The van der Waals surface area contributed by atoms with Gasteiger partial charge in [0.2, 0.25) is 0 Å². The number of ether oxygens (including phenoxy) is 1. The van der Waals surface area contributed by atoms with Crippen LogP contribution in [-0.4, -0.2) is 51.9 Å². The quantitative estimate of drug-likeness (QED) is 0.678. The minimum atomic E-state index is -0.760. The molecule has 2 saturated heterocycles. The van der Waals surface area contributed by atoms with Gasteiger partial charge in [-0.25, -0.2) is 0 Å². The number of piperidine rings is 1. The number of carboxylic acid groups (broad SMARTS) is 1. The molecule has 3 heterocycles. The van der Waals surface area contributed by atoms with Crippen LogP contribution >= 0.6 is 0 Å². The van der Waals surface area contributed by atoms with Gasteiger partial charge in [-0.05, 0) is 37.3 Å². The van der Waals surface area contributed by atoms with Gasteiger partial charge in [0.05, 0.1) is 19.6 Å². The Balaban J connectivity index is 1.38. The van der Waals surface area contributed by atoms with Gasteiger partial charge < -0.3 is 14.4 Å². The average Bonchev–Trinajstić information content (AvgIpc) is 3.14. The second-order valence-electron chi connectivity index (χ2n) is 10.3. The molecule has 3 fully saturated rings. The highest BCUT2D eigenvalue weighted by molar-refractivity contribution is 5.87. The van der Waals surface area contributed by atoms with Gasteiger partial charge in [0, 0.05) is 41.3 Å². The molecule has 0 spiro atoms. The number of rotatable bonds is 4. The standard InChI is InChI=1S/C27H38N2O3/c30-27(31)14-20-17-28(26-13-9-8-12-25(20)26)22-15-23-18-32-19-24(16-22)29(23)21-10-6-4-2-1-3-5-7-11-21/h8-9,12-13,17,21-24H,1-7,10-11,14-16,18-19H2,(H,30,31)/t22?,23-,24+. The fraction of sp³-hybridized carbons (Fsp3) is 0.667. The lowest BCUT2D eigenvalue weighted by Gasteiger charge is -2.52. The molecule has 1 unspecified atom stereocenters. The Bertz CT molecular complexity index is 899. The third kappa shape index (κ3) is 4.60. The second kappa shape index (κ2) is 9.96. The van der Waals surface area contributed by atoms with Crippen LogP contribution in [0.2, 0.25) is 0 Å². The van der Waals surface area contributed by atoms with Gasteiger partial charge in [-0.2, -0.15) is 0 Å². The molecule has 32 heavy (non-hydrogen) atoms. The Morgan fingerprint density at radius 3 is 2.16 bits per heavy atom. The van der Waals surface area contributed by atoms with Crippen molar-refractivity contribution in [3.8, 4) is 0 Å². The minimum absolute atomic E-state index is 0.0877. The summed E-state index contributed by atoms with van der Waals surface area (Å²) in [6.07, 6.45) is 16.8. The first kappa shape index (κ1) is 22.0. The molecule has 1 aromatic carbocycles. The minimum Gasteiger partial charge on any atom is -0.481 e. The predicted octanol–water partition coefficient (Wildman–Crippen LogP) is 5.57. The Hall–Kier alpha value is -1.85. The smallest absolute Gasteiger partial charge is 0.307 e. The van der Waals surface area contributed by atoms with Gasteiger partial charge in [-0.1, -0.05) is 63.1 Å². The van der Waals surface area contributed by atoms with E-state index in [1.54, 1.807) is 0 Å². The van der Waals surface area contributed by atoms with Gasteiger partial charge in [0.15, 0.2) is 0 Å². The van der Waals surface area contributed by atoms with Crippen molar-refractivity contribution in [2.24, 2.45) is 0 Å². The van der Waals surface area contributed by atoms with E-state index in [1.807, 2.05) is 6.07 Å². The van der Waals surface area contributed by atoms with E-state index in [9.17, 15) is 9.90 Å². The zero-order valence-electron chi connectivity index (χ0n) is 19.3. The molecule has 5 nitrogen and oxygen atoms in total. The third-order valence-corrected chi connectivity index (χ3v) is 8.11. The number of benzene rings is 1. The number of aliphatic carboxylic acids is 1. The topological polar surface area (TPSA) is 54.7 Å². The van der Waals surface area contributed by atoms with Crippen LogP contribution < -0.4 is 0 Å². The zero-order valence-corrected chi connectivity index (χ0v) is 19.3. The maximum Gasteiger partial charge on any atom is 0.307 e. The van der Waals surface area contributed by atoms with Crippen molar-refractivity contribution >= 4 is 16.9 Å². The van der Waals surface area contributed by atoms with E-state index in [4.69, 9.17) is 4.74 Å². The SMILES string of the molecule is O=C(O)Cc1cn(C2C[C@H]3COC[C@@H](C2)N3C2CCCCCCCCC2)c2ccccc12. The Labute approximate surface area is 191 Å². The van der Waals surface area contributed by atoms with E-state index in [2.05, 4.69) is 33.9 Å². The summed E-state index contributed by atoms with van der Waals surface area (Å²) in [6, 6.07) is 10.4. The first-order valence-corrected chi connectivity index (χ1v) is 12.9. The van der Waals surface area contributed by atoms with Crippen LogP contribution in [0.25, 0.3) is 10.9 Å². The van der Waals surface area contributed by atoms with E-state index in [0.29, 0.717) is 24.2 Å². The fourth-order valence-electron chi connectivity index (χ4n) is 6.71. The molecule has 0 radical (unpaired) electrons. The molecular formula is C27H38N2O3. The molecule has 1 N–H and O–H groups in total. The molecule has 2 aliphatic heterocycles. The fourth-order valence-corrected chi connectivity index (χ4v) is 6.71.